The summed E-state index contributed by atoms with van der Waals surface area (Å²) < 4.78 is 31.6. The first-order valence-corrected chi connectivity index (χ1v) is 11.0. The Morgan fingerprint density at radius 1 is 1.00 bits per heavy atom. The maximum Gasteiger partial charge on any atom is 0.327 e. The highest BCUT2D eigenvalue weighted by Crippen LogP contribution is 2.15. The molecule has 2 atom stereocenters. The monoisotopic (exact) mass is 488 g/mol. The summed E-state index contributed by atoms with van der Waals surface area (Å²) in [6, 6.07) is 9.12. The van der Waals surface area contributed by atoms with Crippen LogP contribution in [-0.4, -0.2) is 50.1 Å². The third-order valence-corrected chi connectivity index (χ3v) is 5.81. The van der Waals surface area contributed by atoms with Gasteiger partial charge in [-0.1, -0.05) is 23.2 Å². The summed E-state index contributed by atoms with van der Waals surface area (Å²) in [4.78, 5) is 35.9. The highest BCUT2D eigenvalue weighted by molar-refractivity contribution is 7.89. The van der Waals surface area contributed by atoms with Gasteiger partial charge >= 0.3 is 5.97 Å². The molecule has 0 aliphatic rings. The number of carbonyl (C=O) groups excluding carboxylic acids is 3. The second kappa shape index (κ2) is 10.7. The molecule has 31 heavy (non-hydrogen) atoms. The number of nitrogens with one attached hydrogen (secondary N) is 2. The van der Waals surface area contributed by atoms with E-state index in [0.29, 0.717) is 10.0 Å². The van der Waals surface area contributed by atoms with Crippen molar-refractivity contribution in [3.63, 3.8) is 0 Å². The number of rotatable bonds is 8. The van der Waals surface area contributed by atoms with Crippen LogP contribution in [0.15, 0.2) is 53.4 Å². The number of aliphatic hydroxyl groups excluding tert-OH is 1. The summed E-state index contributed by atoms with van der Waals surface area (Å²) in [5.74, 6) is -2.90. The number of amides is 2. The molecular formula is C19H18Cl2N2O7S. The first-order chi connectivity index (χ1) is 14.5. The van der Waals surface area contributed by atoms with E-state index in [-0.39, 0.29) is 10.5 Å². The number of aliphatic hydroxyl groups is 1. The van der Waals surface area contributed by atoms with E-state index >= 15 is 0 Å². The predicted molar refractivity (Wildman–Crippen MR) is 112 cm³/mol. The SMILES string of the molecule is C[C@H](O)[C@@H](NS(=O)(=O)c1ccc(Cl)cc1)C(=O)OCC(=O)NC(=O)c1ccc(Cl)cc1. The van der Waals surface area contributed by atoms with E-state index < -0.39 is 46.6 Å². The highest BCUT2D eigenvalue weighted by atomic mass is 35.5. The van der Waals surface area contributed by atoms with E-state index in [1.54, 1.807) is 0 Å². The fraction of sp³-hybridized carbons (Fsp3) is 0.211. The van der Waals surface area contributed by atoms with E-state index in [2.05, 4.69) is 0 Å². The minimum Gasteiger partial charge on any atom is -0.454 e. The number of benzene rings is 2. The van der Waals surface area contributed by atoms with Crippen molar-refractivity contribution in [3.8, 4) is 0 Å². The molecule has 0 saturated heterocycles. The summed E-state index contributed by atoms with van der Waals surface area (Å²) in [5.41, 5.74) is 0.154. The van der Waals surface area contributed by atoms with Crippen LogP contribution >= 0.6 is 23.2 Å². The van der Waals surface area contributed by atoms with Crippen molar-refractivity contribution in [2.24, 2.45) is 0 Å². The third kappa shape index (κ3) is 7.30. The lowest BCUT2D eigenvalue weighted by molar-refractivity contribution is -0.152. The highest BCUT2D eigenvalue weighted by Gasteiger charge is 2.31. The molecular weight excluding hydrogens is 471 g/mol. The van der Waals surface area contributed by atoms with Crippen LogP contribution in [0.4, 0.5) is 0 Å². The molecule has 0 saturated carbocycles. The number of carbonyl (C=O) groups is 3. The van der Waals surface area contributed by atoms with E-state index in [9.17, 15) is 27.9 Å². The number of hydrogen-bond donors (Lipinski definition) is 3. The summed E-state index contributed by atoms with van der Waals surface area (Å²) in [5, 5.41) is 12.5. The van der Waals surface area contributed by atoms with E-state index in [4.69, 9.17) is 27.9 Å². The minimum absolute atomic E-state index is 0.154. The van der Waals surface area contributed by atoms with Crippen molar-refractivity contribution in [2.45, 2.75) is 24.0 Å². The van der Waals surface area contributed by atoms with E-state index in [1.807, 2.05) is 10.0 Å². The van der Waals surface area contributed by atoms with Gasteiger partial charge in [-0.2, -0.15) is 4.72 Å². The Hall–Kier alpha value is -2.50. The third-order valence-electron chi connectivity index (χ3n) is 3.85. The van der Waals surface area contributed by atoms with Crippen LogP contribution in [0.3, 0.4) is 0 Å². The quantitative estimate of drug-likeness (QED) is 0.478. The van der Waals surface area contributed by atoms with E-state index in [0.717, 1.165) is 0 Å². The van der Waals surface area contributed by atoms with Gasteiger partial charge in [-0.15, -0.1) is 0 Å². The van der Waals surface area contributed by atoms with Gasteiger partial charge in [0.05, 0.1) is 11.0 Å². The van der Waals surface area contributed by atoms with Gasteiger partial charge in [-0.3, -0.25) is 19.7 Å². The Bertz CT molecular complexity index is 1060. The normalized spacial score (nSPS) is 13.2. The van der Waals surface area contributed by atoms with Gasteiger partial charge in [0.2, 0.25) is 10.0 Å². The average Bonchev–Trinajstić information content (AvgIpc) is 2.71. The van der Waals surface area contributed by atoms with Crippen LogP contribution in [0.1, 0.15) is 17.3 Å². The van der Waals surface area contributed by atoms with Crippen LogP contribution in [0.25, 0.3) is 0 Å². The van der Waals surface area contributed by atoms with Crippen LogP contribution in [-0.2, 0) is 24.3 Å². The first kappa shape index (κ1) is 24.8. The lowest BCUT2D eigenvalue weighted by atomic mass is 10.2. The van der Waals surface area contributed by atoms with Crippen molar-refractivity contribution in [3.05, 3.63) is 64.1 Å². The Morgan fingerprint density at radius 3 is 2.03 bits per heavy atom. The number of halogens is 2. The molecule has 0 heterocycles. The molecule has 3 N–H and O–H groups in total. The molecule has 9 nitrogen and oxygen atoms in total. The summed E-state index contributed by atoms with van der Waals surface area (Å²) in [7, 11) is -4.20. The van der Waals surface area contributed by atoms with Crippen molar-refractivity contribution in [1.82, 2.24) is 10.0 Å². The molecule has 0 unspecified atom stereocenters. The zero-order valence-corrected chi connectivity index (χ0v) is 18.4. The van der Waals surface area contributed by atoms with Crippen LogP contribution in [0, 0.1) is 0 Å². The van der Waals surface area contributed by atoms with Crippen molar-refractivity contribution in [1.29, 1.82) is 0 Å². The lowest BCUT2D eigenvalue weighted by Crippen LogP contribution is -2.49. The molecule has 0 fully saturated rings. The van der Waals surface area contributed by atoms with Crippen LogP contribution in [0.5, 0.6) is 0 Å². The van der Waals surface area contributed by atoms with Gasteiger partial charge in [-0.05, 0) is 55.5 Å². The molecule has 2 amide bonds. The van der Waals surface area contributed by atoms with Gasteiger partial charge in [0.15, 0.2) is 6.61 Å². The lowest BCUT2D eigenvalue weighted by Gasteiger charge is -2.20. The standard InChI is InChI=1S/C19H18Cl2N2O7S/c1-11(24)17(23-31(28,29)15-8-6-14(21)7-9-15)19(27)30-10-16(25)22-18(26)12-2-4-13(20)5-3-12/h2-9,11,17,23-24H,10H2,1H3,(H,22,25,26)/t11-,17+/m0/s1. The number of ether oxygens (including phenoxy) is 1. The van der Waals surface area contributed by atoms with Crippen LogP contribution < -0.4 is 10.0 Å². The average molecular weight is 489 g/mol. The molecule has 0 bridgehead atoms. The van der Waals surface area contributed by atoms with Crippen molar-refractivity contribution < 1.29 is 32.6 Å². The molecule has 0 spiro atoms. The molecule has 0 aliphatic carbocycles. The maximum absolute atomic E-state index is 12.4. The number of imide groups is 1. The van der Waals surface area contributed by atoms with Crippen LogP contribution in [0.2, 0.25) is 10.0 Å². The Labute approximate surface area is 188 Å². The summed E-state index contributed by atoms with van der Waals surface area (Å²) >= 11 is 11.4. The maximum atomic E-state index is 12.4. The predicted octanol–water partition coefficient (Wildman–Crippen LogP) is 1.52. The van der Waals surface area contributed by atoms with Gasteiger partial charge in [0.25, 0.3) is 11.8 Å². The molecule has 12 heteroatoms. The fourth-order valence-corrected chi connectivity index (χ4v) is 3.76. The number of esters is 1. The molecule has 0 radical (unpaired) electrons. The summed E-state index contributed by atoms with van der Waals surface area (Å²) in [6.45, 7) is 0.296. The van der Waals surface area contributed by atoms with Gasteiger partial charge < -0.3 is 9.84 Å². The van der Waals surface area contributed by atoms with Crippen molar-refractivity contribution in [2.75, 3.05) is 6.61 Å². The molecule has 0 aromatic heterocycles. The molecule has 2 aromatic carbocycles. The number of hydrogen-bond acceptors (Lipinski definition) is 7. The topological polar surface area (TPSA) is 139 Å². The van der Waals surface area contributed by atoms with Gasteiger partial charge in [0.1, 0.15) is 6.04 Å². The molecule has 2 rings (SSSR count). The van der Waals surface area contributed by atoms with Gasteiger partial charge in [-0.25, -0.2) is 8.42 Å². The second-order valence-electron chi connectivity index (χ2n) is 6.29. The van der Waals surface area contributed by atoms with E-state index in [1.165, 1.54) is 55.5 Å². The second-order valence-corrected chi connectivity index (χ2v) is 8.87. The van der Waals surface area contributed by atoms with Crippen molar-refractivity contribution >= 4 is 51.0 Å². The minimum atomic E-state index is -4.20. The molecule has 2 aromatic rings. The summed E-state index contributed by atoms with van der Waals surface area (Å²) in [6.07, 6.45) is -1.48. The molecule has 166 valence electrons. The Kier molecular flexibility index (Phi) is 8.54. The Morgan fingerprint density at radius 2 is 1.52 bits per heavy atom. The zero-order valence-electron chi connectivity index (χ0n) is 16.0. The number of sulfonamides is 1. The fourth-order valence-electron chi connectivity index (χ4n) is 2.26. The smallest absolute Gasteiger partial charge is 0.327 e. The largest absolute Gasteiger partial charge is 0.454 e. The molecule has 0 aliphatic heterocycles. The zero-order chi connectivity index (χ0) is 23.2. The first-order valence-electron chi connectivity index (χ1n) is 8.72. The van der Waals surface area contributed by atoms with Gasteiger partial charge in [0, 0.05) is 15.6 Å². The Balaban J connectivity index is 1.97.